The number of nitrogens with one attached hydrogen (secondary N) is 1. The lowest BCUT2D eigenvalue weighted by Crippen LogP contribution is -2.43. The van der Waals surface area contributed by atoms with Gasteiger partial charge in [-0.15, -0.1) is 0 Å². The maximum Gasteiger partial charge on any atom is 0.109 e. The van der Waals surface area contributed by atoms with Crippen LogP contribution in [0.2, 0.25) is 0 Å². The minimum Gasteiger partial charge on any atom is -0.338 e. The van der Waals surface area contributed by atoms with Crippen molar-refractivity contribution in [2.24, 2.45) is 13.0 Å². The van der Waals surface area contributed by atoms with Crippen LogP contribution in [0, 0.1) is 5.92 Å². The molecule has 0 spiro atoms. The minimum atomic E-state index is 0.918. The second-order valence-electron chi connectivity index (χ2n) is 3.80. The molecule has 0 bridgehead atoms. The zero-order chi connectivity index (χ0) is 9.80. The Morgan fingerprint density at radius 3 is 3.07 bits per heavy atom. The van der Waals surface area contributed by atoms with E-state index in [1.165, 1.54) is 30.4 Å². The Kier molecular flexibility index (Phi) is 3.48. The molecule has 0 unspecified atom stereocenters. The number of rotatable bonds is 5. The molecule has 2 rings (SSSR count). The van der Waals surface area contributed by atoms with Crippen molar-refractivity contribution in [2.45, 2.75) is 6.42 Å². The predicted molar refractivity (Wildman–Crippen MR) is 60.6 cm³/mol. The zero-order valence-corrected chi connectivity index (χ0v) is 9.39. The molecule has 1 aliphatic heterocycles. The molecular formula is C10H17N3S. The maximum absolute atomic E-state index is 4.30. The summed E-state index contributed by atoms with van der Waals surface area (Å²) in [7, 11) is 2.06. The average molecular weight is 211 g/mol. The molecule has 1 fully saturated rings. The van der Waals surface area contributed by atoms with E-state index in [1.54, 1.807) is 0 Å². The van der Waals surface area contributed by atoms with E-state index in [0.29, 0.717) is 0 Å². The number of hydrogen-bond acceptors (Lipinski definition) is 3. The largest absolute Gasteiger partial charge is 0.338 e. The Bertz CT molecular complexity index is 281. The van der Waals surface area contributed by atoms with Gasteiger partial charge in [0.05, 0.1) is 0 Å². The summed E-state index contributed by atoms with van der Waals surface area (Å²) in [5.74, 6) is 4.62. The van der Waals surface area contributed by atoms with Gasteiger partial charge >= 0.3 is 0 Å². The molecule has 1 aromatic heterocycles. The van der Waals surface area contributed by atoms with Crippen molar-refractivity contribution in [3.63, 3.8) is 0 Å². The molecule has 3 nitrogen and oxygen atoms in total. The highest BCUT2D eigenvalue weighted by Crippen LogP contribution is 2.13. The standard InChI is InChI=1S/C10H17N3S/c1-13-4-3-12-10(13)2-5-14-8-9-6-11-7-9/h3-4,9,11H,2,5-8H2,1H3. The molecule has 1 N–H and O–H groups in total. The SMILES string of the molecule is Cn1ccnc1CCSCC1CNC1. The van der Waals surface area contributed by atoms with Crippen molar-refractivity contribution in [2.75, 3.05) is 24.6 Å². The van der Waals surface area contributed by atoms with Crippen LogP contribution in [-0.4, -0.2) is 34.1 Å². The Morgan fingerprint density at radius 2 is 2.50 bits per heavy atom. The van der Waals surface area contributed by atoms with Gasteiger partial charge in [-0.1, -0.05) is 0 Å². The van der Waals surface area contributed by atoms with Gasteiger partial charge in [0.1, 0.15) is 5.82 Å². The quantitative estimate of drug-likeness (QED) is 0.734. The van der Waals surface area contributed by atoms with Gasteiger partial charge in [0.25, 0.3) is 0 Å². The number of aryl methyl sites for hydroxylation is 2. The van der Waals surface area contributed by atoms with Crippen LogP contribution < -0.4 is 5.32 Å². The molecule has 4 heteroatoms. The molecule has 1 aromatic rings. The molecule has 0 aromatic carbocycles. The molecule has 0 radical (unpaired) electrons. The summed E-state index contributed by atoms with van der Waals surface area (Å²) >= 11 is 2.05. The second kappa shape index (κ2) is 4.84. The van der Waals surface area contributed by atoms with Gasteiger partial charge in [-0.25, -0.2) is 4.98 Å². The first kappa shape index (κ1) is 10.1. The summed E-state index contributed by atoms with van der Waals surface area (Å²) in [4.78, 5) is 4.30. The molecule has 0 aliphatic carbocycles. The fourth-order valence-corrected chi connectivity index (χ4v) is 2.58. The Hall–Kier alpha value is -0.480. The summed E-state index contributed by atoms with van der Waals surface area (Å²) in [6, 6.07) is 0. The Labute approximate surface area is 89.3 Å². The van der Waals surface area contributed by atoms with Crippen molar-refractivity contribution in [1.82, 2.24) is 14.9 Å². The topological polar surface area (TPSA) is 29.9 Å². The third-order valence-electron chi connectivity index (χ3n) is 2.61. The molecule has 78 valence electrons. The molecule has 0 atom stereocenters. The van der Waals surface area contributed by atoms with Crippen molar-refractivity contribution < 1.29 is 0 Å². The molecule has 14 heavy (non-hydrogen) atoms. The highest BCUT2D eigenvalue weighted by atomic mass is 32.2. The number of nitrogens with zero attached hydrogens (tertiary/aromatic N) is 2. The van der Waals surface area contributed by atoms with Crippen molar-refractivity contribution in [3.8, 4) is 0 Å². The van der Waals surface area contributed by atoms with E-state index >= 15 is 0 Å². The fraction of sp³-hybridized carbons (Fsp3) is 0.700. The van der Waals surface area contributed by atoms with Gasteiger partial charge in [0.2, 0.25) is 0 Å². The van der Waals surface area contributed by atoms with E-state index in [1.807, 2.05) is 12.4 Å². The first-order valence-electron chi connectivity index (χ1n) is 5.11. The van der Waals surface area contributed by atoms with Gasteiger partial charge in [0.15, 0.2) is 0 Å². The average Bonchev–Trinajstić information content (AvgIpc) is 2.48. The van der Waals surface area contributed by atoms with E-state index in [4.69, 9.17) is 0 Å². The monoisotopic (exact) mass is 211 g/mol. The van der Waals surface area contributed by atoms with Crippen molar-refractivity contribution in [3.05, 3.63) is 18.2 Å². The third-order valence-corrected chi connectivity index (χ3v) is 3.81. The van der Waals surface area contributed by atoms with Gasteiger partial charge in [-0.2, -0.15) is 11.8 Å². The van der Waals surface area contributed by atoms with Crippen LogP contribution in [0.3, 0.4) is 0 Å². The number of imidazole rings is 1. The first-order chi connectivity index (χ1) is 6.86. The Morgan fingerprint density at radius 1 is 1.64 bits per heavy atom. The lowest BCUT2D eigenvalue weighted by Gasteiger charge is -2.26. The number of thioether (sulfide) groups is 1. The van der Waals surface area contributed by atoms with E-state index in [0.717, 1.165) is 12.3 Å². The van der Waals surface area contributed by atoms with E-state index in [2.05, 4.69) is 33.7 Å². The van der Waals surface area contributed by atoms with Crippen LogP contribution in [0.1, 0.15) is 5.82 Å². The fourth-order valence-electron chi connectivity index (χ4n) is 1.52. The van der Waals surface area contributed by atoms with E-state index in [-0.39, 0.29) is 0 Å². The van der Waals surface area contributed by atoms with Crippen LogP contribution in [0.4, 0.5) is 0 Å². The second-order valence-corrected chi connectivity index (χ2v) is 4.95. The highest BCUT2D eigenvalue weighted by molar-refractivity contribution is 7.99. The van der Waals surface area contributed by atoms with Crippen LogP contribution in [0.15, 0.2) is 12.4 Å². The van der Waals surface area contributed by atoms with Gasteiger partial charge in [0, 0.05) is 31.6 Å². The van der Waals surface area contributed by atoms with Crippen LogP contribution >= 0.6 is 11.8 Å². The summed E-state index contributed by atoms with van der Waals surface area (Å²) in [6.07, 6.45) is 4.97. The molecule has 0 amide bonds. The minimum absolute atomic E-state index is 0.918. The molecule has 0 saturated carbocycles. The van der Waals surface area contributed by atoms with Crippen LogP contribution in [0.5, 0.6) is 0 Å². The summed E-state index contributed by atoms with van der Waals surface area (Å²) in [6.45, 7) is 2.44. The molecule has 1 aliphatic rings. The van der Waals surface area contributed by atoms with Gasteiger partial charge in [-0.05, 0) is 24.8 Å². The third kappa shape index (κ3) is 2.51. The van der Waals surface area contributed by atoms with Gasteiger partial charge < -0.3 is 9.88 Å². The lowest BCUT2D eigenvalue weighted by atomic mass is 10.1. The Balaban J connectivity index is 1.60. The molecule has 2 heterocycles. The van der Waals surface area contributed by atoms with Crippen molar-refractivity contribution in [1.29, 1.82) is 0 Å². The number of hydrogen-bond donors (Lipinski definition) is 1. The van der Waals surface area contributed by atoms with Crippen molar-refractivity contribution >= 4 is 11.8 Å². The normalized spacial score (nSPS) is 16.9. The predicted octanol–water partition coefficient (Wildman–Crippen LogP) is 0.915. The van der Waals surface area contributed by atoms with E-state index < -0.39 is 0 Å². The number of aromatic nitrogens is 2. The van der Waals surface area contributed by atoms with E-state index in [9.17, 15) is 0 Å². The molecular weight excluding hydrogens is 194 g/mol. The lowest BCUT2D eigenvalue weighted by molar-refractivity contribution is 0.385. The highest BCUT2D eigenvalue weighted by Gasteiger charge is 2.15. The van der Waals surface area contributed by atoms with Gasteiger partial charge in [-0.3, -0.25) is 0 Å². The summed E-state index contributed by atoms with van der Waals surface area (Å²) < 4.78 is 2.10. The first-order valence-corrected chi connectivity index (χ1v) is 6.26. The maximum atomic E-state index is 4.30. The van der Waals surface area contributed by atoms with Crippen LogP contribution in [-0.2, 0) is 13.5 Å². The molecule has 1 saturated heterocycles. The zero-order valence-electron chi connectivity index (χ0n) is 8.57. The summed E-state index contributed by atoms with van der Waals surface area (Å²) in [5, 5.41) is 3.30. The smallest absolute Gasteiger partial charge is 0.109 e. The summed E-state index contributed by atoms with van der Waals surface area (Å²) in [5.41, 5.74) is 0. The van der Waals surface area contributed by atoms with Crippen LogP contribution in [0.25, 0.3) is 0 Å².